The molecule has 5 heteroatoms. The first-order valence-corrected chi connectivity index (χ1v) is 6.41. The molecule has 1 heterocycles. The Kier molecular flexibility index (Phi) is 3.55. The van der Waals surface area contributed by atoms with E-state index in [2.05, 4.69) is 4.72 Å². The Labute approximate surface area is 86.1 Å². The van der Waals surface area contributed by atoms with Gasteiger partial charge in [0.2, 0.25) is 10.0 Å². The normalized spacial score (nSPS) is 24.9. The SMILES string of the molecule is CC(C)(C)S(=O)(=O)NC1CCCOC1. The van der Waals surface area contributed by atoms with E-state index in [1.807, 2.05) is 0 Å². The Morgan fingerprint density at radius 2 is 2.00 bits per heavy atom. The van der Waals surface area contributed by atoms with Gasteiger partial charge in [0.1, 0.15) is 0 Å². The van der Waals surface area contributed by atoms with Gasteiger partial charge in [-0.15, -0.1) is 0 Å². The van der Waals surface area contributed by atoms with Crippen LogP contribution in [0.4, 0.5) is 0 Å². The maximum Gasteiger partial charge on any atom is 0.216 e. The van der Waals surface area contributed by atoms with Gasteiger partial charge in [-0.3, -0.25) is 0 Å². The molecule has 1 unspecified atom stereocenters. The zero-order chi connectivity index (χ0) is 10.8. The maximum absolute atomic E-state index is 11.8. The molecule has 14 heavy (non-hydrogen) atoms. The molecule has 1 saturated heterocycles. The van der Waals surface area contributed by atoms with Gasteiger partial charge in [-0.25, -0.2) is 13.1 Å². The van der Waals surface area contributed by atoms with Crippen molar-refractivity contribution in [1.82, 2.24) is 4.72 Å². The van der Waals surface area contributed by atoms with Crippen molar-refractivity contribution in [3.63, 3.8) is 0 Å². The van der Waals surface area contributed by atoms with Crippen LogP contribution in [0.3, 0.4) is 0 Å². The highest BCUT2D eigenvalue weighted by Gasteiger charge is 2.31. The molecular formula is C9H19NO3S. The van der Waals surface area contributed by atoms with Gasteiger partial charge in [0, 0.05) is 12.6 Å². The molecule has 1 atom stereocenters. The van der Waals surface area contributed by atoms with Crippen molar-refractivity contribution in [2.45, 2.75) is 44.4 Å². The van der Waals surface area contributed by atoms with Crippen LogP contribution in [0.5, 0.6) is 0 Å². The van der Waals surface area contributed by atoms with Crippen LogP contribution in [0.25, 0.3) is 0 Å². The third-order valence-corrected chi connectivity index (χ3v) is 4.54. The third-order valence-electron chi connectivity index (χ3n) is 2.29. The van der Waals surface area contributed by atoms with Gasteiger partial charge in [0.15, 0.2) is 0 Å². The van der Waals surface area contributed by atoms with Crippen molar-refractivity contribution >= 4 is 10.0 Å². The first kappa shape index (κ1) is 11.9. The van der Waals surface area contributed by atoms with Crippen LogP contribution < -0.4 is 4.72 Å². The molecule has 84 valence electrons. The summed E-state index contributed by atoms with van der Waals surface area (Å²) >= 11 is 0. The van der Waals surface area contributed by atoms with Gasteiger partial charge < -0.3 is 4.74 Å². The lowest BCUT2D eigenvalue weighted by Gasteiger charge is -2.27. The van der Waals surface area contributed by atoms with E-state index in [9.17, 15) is 8.42 Å². The molecule has 0 spiro atoms. The number of nitrogens with one attached hydrogen (secondary N) is 1. The van der Waals surface area contributed by atoms with E-state index < -0.39 is 14.8 Å². The molecule has 1 rings (SSSR count). The van der Waals surface area contributed by atoms with Crippen molar-refractivity contribution in [3.8, 4) is 0 Å². The fraction of sp³-hybridized carbons (Fsp3) is 1.00. The molecule has 0 amide bonds. The molecule has 4 nitrogen and oxygen atoms in total. The maximum atomic E-state index is 11.8. The van der Waals surface area contributed by atoms with Gasteiger partial charge in [0.25, 0.3) is 0 Å². The smallest absolute Gasteiger partial charge is 0.216 e. The van der Waals surface area contributed by atoms with E-state index in [0.717, 1.165) is 19.4 Å². The van der Waals surface area contributed by atoms with Gasteiger partial charge in [-0.1, -0.05) is 0 Å². The molecule has 0 saturated carbocycles. The van der Waals surface area contributed by atoms with E-state index in [4.69, 9.17) is 4.74 Å². The van der Waals surface area contributed by atoms with Crippen LogP contribution in [-0.4, -0.2) is 32.4 Å². The van der Waals surface area contributed by atoms with Crippen molar-refractivity contribution in [2.75, 3.05) is 13.2 Å². The highest BCUT2D eigenvalue weighted by atomic mass is 32.2. The minimum absolute atomic E-state index is 0.0482. The topological polar surface area (TPSA) is 55.4 Å². The average molecular weight is 221 g/mol. The summed E-state index contributed by atoms with van der Waals surface area (Å²) in [5, 5.41) is 0. The van der Waals surface area contributed by atoms with E-state index in [1.54, 1.807) is 20.8 Å². The molecule has 0 aromatic carbocycles. The lowest BCUT2D eigenvalue weighted by Crippen LogP contribution is -2.47. The second kappa shape index (κ2) is 4.16. The van der Waals surface area contributed by atoms with E-state index >= 15 is 0 Å². The predicted octanol–water partition coefficient (Wildman–Crippen LogP) is 0.883. The Morgan fingerprint density at radius 1 is 1.36 bits per heavy atom. The molecular weight excluding hydrogens is 202 g/mol. The lowest BCUT2D eigenvalue weighted by atomic mass is 10.1. The molecule has 1 N–H and O–H groups in total. The number of hydrogen-bond donors (Lipinski definition) is 1. The molecule has 1 aliphatic heterocycles. The van der Waals surface area contributed by atoms with Crippen LogP contribution in [0.1, 0.15) is 33.6 Å². The monoisotopic (exact) mass is 221 g/mol. The molecule has 1 fully saturated rings. The lowest BCUT2D eigenvalue weighted by molar-refractivity contribution is 0.0772. The quantitative estimate of drug-likeness (QED) is 0.753. The standard InChI is InChI=1S/C9H19NO3S/c1-9(2,3)14(11,12)10-8-5-4-6-13-7-8/h8,10H,4-7H2,1-3H3. The van der Waals surface area contributed by atoms with E-state index in [1.165, 1.54) is 0 Å². The average Bonchev–Trinajstić information content (AvgIpc) is 2.03. The fourth-order valence-electron chi connectivity index (χ4n) is 1.23. The fourth-order valence-corrected chi connectivity index (χ4v) is 2.21. The minimum atomic E-state index is -3.23. The summed E-state index contributed by atoms with van der Waals surface area (Å²) in [6.45, 7) is 6.32. The molecule has 0 aliphatic carbocycles. The molecule has 0 bridgehead atoms. The first-order valence-electron chi connectivity index (χ1n) is 4.92. The highest BCUT2D eigenvalue weighted by molar-refractivity contribution is 7.90. The summed E-state index contributed by atoms with van der Waals surface area (Å²) in [5.41, 5.74) is 0. The van der Waals surface area contributed by atoms with Gasteiger partial charge in [-0.2, -0.15) is 0 Å². The summed E-state index contributed by atoms with van der Waals surface area (Å²) < 4.78 is 30.7. The minimum Gasteiger partial charge on any atom is -0.380 e. The Hall–Kier alpha value is -0.130. The summed E-state index contributed by atoms with van der Waals surface area (Å²) in [6, 6.07) is -0.0482. The van der Waals surface area contributed by atoms with Crippen molar-refractivity contribution < 1.29 is 13.2 Å². The molecule has 0 radical (unpaired) electrons. The van der Waals surface area contributed by atoms with Crippen molar-refractivity contribution in [3.05, 3.63) is 0 Å². The second-order valence-electron chi connectivity index (χ2n) is 4.65. The number of rotatable bonds is 2. The zero-order valence-electron chi connectivity index (χ0n) is 9.04. The van der Waals surface area contributed by atoms with Crippen molar-refractivity contribution in [2.24, 2.45) is 0 Å². The summed E-state index contributed by atoms with van der Waals surface area (Å²) in [6.07, 6.45) is 1.80. The largest absolute Gasteiger partial charge is 0.380 e. The predicted molar refractivity (Wildman–Crippen MR) is 55.6 cm³/mol. The van der Waals surface area contributed by atoms with Crippen LogP contribution in [0.2, 0.25) is 0 Å². The molecule has 0 aromatic heterocycles. The summed E-state index contributed by atoms with van der Waals surface area (Å²) in [4.78, 5) is 0. The first-order chi connectivity index (χ1) is 6.33. The second-order valence-corrected chi connectivity index (χ2v) is 7.12. The summed E-state index contributed by atoms with van der Waals surface area (Å²) in [7, 11) is -3.23. The molecule has 0 aromatic rings. The van der Waals surface area contributed by atoms with Crippen LogP contribution in [0, 0.1) is 0 Å². The number of ether oxygens (including phenoxy) is 1. The van der Waals surface area contributed by atoms with Crippen LogP contribution >= 0.6 is 0 Å². The Bertz CT molecular complexity index is 273. The van der Waals surface area contributed by atoms with Crippen LogP contribution in [-0.2, 0) is 14.8 Å². The van der Waals surface area contributed by atoms with Crippen LogP contribution in [0.15, 0.2) is 0 Å². The number of hydrogen-bond acceptors (Lipinski definition) is 3. The van der Waals surface area contributed by atoms with Gasteiger partial charge in [0.05, 0.1) is 11.4 Å². The van der Waals surface area contributed by atoms with Gasteiger partial charge in [-0.05, 0) is 33.6 Å². The zero-order valence-corrected chi connectivity index (χ0v) is 9.86. The van der Waals surface area contributed by atoms with Gasteiger partial charge >= 0.3 is 0 Å². The number of sulfonamides is 1. The Balaban J connectivity index is 2.58. The van der Waals surface area contributed by atoms with E-state index in [0.29, 0.717) is 6.61 Å². The third kappa shape index (κ3) is 2.93. The van der Waals surface area contributed by atoms with E-state index in [-0.39, 0.29) is 6.04 Å². The highest BCUT2D eigenvalue weighted by Crippen LogP contribution is 2.16. The molecule has 1 aliphatic rings. The van der Waals surface area contributed by atoms with Crippen molar-refractivity contribution in [1.29, 1.82) is 0 Å². The Morgan fingerprint density at radius 3 is 2.43 bits per heavy atom. The summed E-state index contributed by atoms with van der Waals surface area (Å²) in [5.74, 6) is 0.